The molecule has 2 amide bonds. The number of carbonyl (C=O) groups excluding carboxylic acids is 1. The molecular weight excluding hydrogens is 302 g/mol. The average Bonchev–Trinajstić information content (AvgIpc) is 2.98. The van der Waals surface area contributed by atoms with Crippen LogP contribution in [-0.2, 0) is 12.8 Å². The van der Waals surface area contributed by atoms with Crippen molar-refractivity contribution in [3.05, 3.63) is 53.6 Å². The van der Waals surface area contributed by atoms with Gasteiger partial charge in [0.05, 0.1) is 7.11 Å². The van der Waals surface area contributed by atoms with E-state index < -0.39 is 0 Å². The molecule has 2 aromatic rings. The van der Waals surface area contributed by atoms with Crippen molar-refractivity contribution < 1.29 is 9.53 Å². The molecular formula is C19H23N3O2. The number of carbonyl (C=O) groups is 1. The van der Waals surface area contributed by atoms with Gasteiger partial charge in [0.2, 0.25) is 0 Å². The van der Waals surface area contributed by atoms with Gasteiger partial charge in [-0.25, -0.2) is 4.79 Å². The maximum absolute atomic E-state index is 12.1. The van der Waals surface area contributed by atoms with Gasteiger partial charge in [-0.3, -0.25) is 0 Å². The number of likely N-dealkylation sites (N-methyl/N-ethyl adjacent to an activating group) is 1. The van der Waals surface area contributed by atoms with Gasteiger partial charge in [-0.1, -0.05) is 18.2 Å². The predicted octanol–water partition coefficient (Wildman–Crippen LogP) is 3.05. The summed E-state index contributed by atoms with van der Waals surface area (Å²) in [4.78, 5) is 14.3. The second-order valence-corrected chi connectivity index (χ2v) is 5.95. The SMILES string of the molecule is COc1ccc(CCNC(=O)Nc2cccc3c2CCN3C)cc1. The summed E-state index contributed by atoms with van der Waals surface area (Å²) in [6.07, 6.45) is 1.75. The number of urea groups is 1. The quantitative estimate of drug-likeness (QED) is 0.888. The number of hydrogen-bond acceptors (Lipinski definition) is 3. The van der Waals surface area contributed by atoms with Gasteiger partial charge in [0.1, 0.15) is 5.75 Å². The summed E-state index contributed by atoms with van der Waals surface area (Å²) in [5.41, 5.74) is 4.48. The van der Waals surface area contributed by atoms with Crippen LogP contribution >= 0.6 is 0 Å². The zero-order chi connectivity index (χ0) is 16.9. The van der Waals surface area contributed by atoms with E-state index in [0.717, 1.165) is 30.8 Å². The Balaban J connectivity index is 1.51. The normalized spacial score (nSPS) is 12.7. The smallest absolute Gasteiger partial charge is 0.319 e. The molecule has 1 heterocycles. The summed E-state index contributed by atoms with van der Waals surface area (Å²) >= 11 is 0. The third-order valence-corrected chi connectivity index (χ3v) is 4.37. The number of ether oxygens (including phenoxy) is 1. The molecule has 1 aliphatic heterocycles. The lowest BCUT2D eigenvalue weighted by molar-refractivity contribution is 0.252. The fourth-order valence-electron chi connectivity index (χ4n) is 2.99. The maximum Gasteiger partial charge on any atom is 0.319 e. The van der Waals surface area contributed by atoms with Crippen molar-refractivity contribution in [2.75, 3.05) is 37.5 Å². The molecule has 0 radical (unpaired) electrons. The van der Waals surface area contributed by atoms with Crippen molar-refractivity contribution in [3.8, 4) is 5.75 Å². The van der Waals surface area contributed by atoms with Gasteiger partial charge >= 0.3 is 6.03 Å². The van der Waals surface area contributed by atoms with Gasteiger partial charge in [-0.2, -0.15) is 0 Å². The molecule has 2 N–H and O–H groups in total. The van der Waals surface area contributed by atoms with Crippen molar-refractivity contribution in [2.45, 2.75) is 12.8 Å². The monoisotopic (exact) mass is 325 g/mol. The summed E-state index contributed by atoms with van der Waals surface area (Å²) in [6.45, 7) is 1.58. The highest BCUT2D eigenvalue weighted by Crippen LogP contribution is 2.32. The van der Waals surface area contributed by atoms with E-state index in [4.69, 9.17) is 4.74 Å². The predicted molar refractivity (Wildman–Crippen MR) is 97.1 cm³/mol. The van der Waals surface area contributed by atoms with Crippen LogP contribution in [0.5, 0.6) is 5.75 Å². The minimum Gasteiger partial charge on any atom is -0.497 e. The van der Waals surface area contributed by atoms with Crippen LogP contribution in [0.3, 0.4) is 0 Å². The second kappa shape index (κ2) is 7.25. The van der Waals surface area contributed by atoms with E-state index in [-0.39, 0.29) is 6.03 Å². The lowest BCUT2D eigenvalue weighted by atomic mass is 10.1. The van der Waals surface area contributed by atoms with Gasteiger partial charge in [0, 0.05) is 37.1 Å². The Morgan fingerprint density at radius 3 is 2.75 bits per heavy atom. The summed E-state index contributed by atoms with van der Waals surface area (Å²) < 4.78 is 5.14. The van der Waals surface area contributed by atoms with E-state index >= 15 is 0 Å². The molecule has 0 saturated carbocycles. The number of anilines is 2. The number of rotatable bonds is 5. The van der Waals surface area contributed by atoms with Crippen molar-refractivity contribution in [2.24, 2.45) is 0 Å². The van der Waals surface area contributed by atoms with Gasteiger partial charge in [0.25, 0.3) is 0 Å². The number of benzene rings is 2. The first kappa shape index (κ1) is 16.2. The Morgan fingerprint density at radius 2 is 2.00 bits per heavy atom. The topological polar surface area (TPSA) is 53.6 Å². The number of fused-ring (bicyclic) bond motifs is 1. The van der Waals surface area contributed by atoms with E-state index in [2.05, 4.69) is 28.6 Å². The first-order valence-corrected chi connectivity index (χ1v) is 8.18. The Hall–Kier alpha value is -2.69. The van der Waals surface area contributed by atoms with Crippen LogP contribution < -0.4 is 20.3 Å². The van der Waals surface area contributed by atoms with Gasteiger partial charge in [0.15, 0.2) is 0 Å². The molecule has 0 saturated heterocycles. The first-order chi connectivity index (χ1) is 11.7. The Kier molecular flexibility index (Phi) is 4.89. The molecule has 0 bridgehead atoms. The van der Waals surface area contributed by atoms with Crippen LogP contribution in [0.2, 0.25) is 0 Å². The molecule has 1 aliphatic rings. The lowest BCUT2D eigenvalue weighted by Gasteiger charge is -2.14. The lowest BCUT2D eigenvalue weighted by Crippen LogP contribution is -2.30. The standard InChI is InChI=1S/C19H23N3O2/c1-22-13-11-16-17(4-3-5-18(16)22)21-19(23)20-12-10-14-6-8-15(24-2)9-7-14/h3-9H,10-13H2,1-2H3,(H2,20,21,23). The Morgan fingerprint density at radius 1 is 1.21 bits per heavy atom. The fraction of sp³-hybridized carbons (Fsp3) is 0.316. The van der Waals surface area contributed by atoms with Crippen molar-refractivity contribution in [1.82, 2.24) is 5.32 Å². The minimum absolute atomic E-state index is 0.161. The number of methoxy groups -OCH3 is 1. The molecule has 2 aromatic carbocycles. The van der Waals surface area contributed by atoms with Gasteiger partial charge < -0.3 is 20.3 Å². The number of hydrogen-bond donors (Lipinski definition) is 2. The summed E-state index contributed by atoms with van der Waals surface area (Å²) in [5.74, 6) is 0.840. The minimum atomic E-state index is -0.161. The van der Waals surface area contributed by atoms with Crippen LogP contribution in [0.4, 0.5) is 16.2 Å². The van der Waals surface area contributed by atoms with Crippen LogP contribution in [0.15, 0.2) is 42.5 Å². The van der Waals surface area contributed by atoms with E-state index in [9.17, 15) is 4.79 Å². The highest BCUT2D eigenvalue weighted by atomic mass is 16.5. The molecule has 3 rings (SSSR count). The van der Waals surface area contributed by atoms with Crippen LogP contribution in [0, 0.1) is 0 Å². The average molecular weight is 325 g/mol. The molecule has 126 valence electrons. The van der Waals surface area contributed by atoms with Gasteiger partial charge in [-0.15, -0.1) is 0 Å². The van der Waals surface area contributed by atoms with Crippen LogP contribution in [0.25, 0.3) is 0 Å². The third kappa shape index (κ3) is 3.62. The Bertz CT molecular complexity index is 713. The van der Waals surface area contributed by atoms with E-state index in [0.29, 0.717) is 6.54 Å². The highest BCUT2D eigenvalue weighted by Gasteiger charge is 2.19. The molecule has 0 fully saturated rings. The number of nitrogens with one attached hydrogen (secondary N) is 2. The van der Waals surface area contributed by atoms with Crippen molar-refractivity contribution >= 4 is 17.4 Å². The summed E-state index contributed by atoms with van der Waals surface area (Å²) in [6, 6.07) is 13.8. The number of amides is 2. The zero-order valence-electron chi connectivity index (χ0n) is 14.1. The molecule has 24 heavy (non-hydrogen) atoms. The van der Waals surface area contributed by atoms with Gasteiger partial charge in [-0.05, 0) is 42.7 Å². The molecule has 5 heteroatoms. The van der Waals surface area contributed by atoms with E-state index in [1.807, 2.05) is 36.4 Å². The largest absolute Gasteiger partial charge is 0.497 e. The van der Waals surface area contributed by atoms with Crippen LogP contribution in [-0.4, -0.2) is 33.3 Å². The number of nitrogens with zero attached hydrogens (tertiary/aromatic N) is 1. The highest BCUT2D eigenvalue weighted by molar-refractivity contribution is 5.91. The molecule has 0 unspecified atom stereocenters. The maximum atomic E-state index is 12.1. The van der Waals surface area contributed by atoms with E-state index in [1.54, 1.807) is 7.11 Å². The summed E-state index contributed by atoms with van der Waals surface area (Å²) in [7, 11) is 3.73. The third-order valence-electron chi connectivity index (χ3n) is 4.37. The zero-order valence-corrected chi connectivity index (χ0v) is 14.1. The van der Waals surface area contributed by atoms with Crippen LogP contribution in [0.1, 0.15) is 11.1 Å². The fourth-order valence-corrected chi connectivity index (χ4v) is 2.99. The molecule has 0 aromatic heterocycles. The molecule has 0 atom stereocenters. The second-order valence-electron chi connectivity index (χ2n) is 5.95. The molecule has 5 nitrogen and oxygen atoms in total. The molecule has 0 aliphatic carbocycles. The van der Waals surface area contributed by atoms with Crippen molar-refractivity contribution in [3.63, 3.8) is 0 Å². The Labute approximate surface area is 142 Å². The van der Waals surface area contributed by atoms with E-state index in [1.165, 1.54) is 16.8 Å². The van der Waals surface area contributed by atoms with Crippen molar-refractivity contribution in [1.29, 1.82) is 0 Å². The molecule has 0 spiro atoms. The first-order valence-electron chi connectivity index (χ1n) is 8.18. The summed E-state index contributed by atoms with van der Waals surface area (Å²) in [5, 5.41) is 5.89.